The molecule has 0 unspecified atom stereocenters. The van der Waals surface area contributed by atoms with Gasteiger partial charge in [-0.2, -0.15) is 0 Å². The zero-order valence-corrected chi connectivity index (χ0v) is 19.1. The van der Waals surface area contributed by atoms with Crippen LogP contribution in [0, 0.1) is 0 Å². The highest BCUT2D eigenvalue weighted by Gasteiger charge is 2.13. The molecule has 0 aliphatic carbocycles. The summed E-state index contributed by atoms with van der Waals surface area (Å²) >= 11 is 0. The molecule has 0 aromatic heterocycles. The fourth-order valence-electron chi connectivity index (χ4n) is 3.61. The van der Waals surface area contributed by atoms with E-state index in [4.69, 9.17) is 9.47 Å². The van der Waals surface area contributed by atoms with Gasteiger partial charge in [0, 0.05) is 64.5 Å². The van der Waals surface area contributed by atoms with Crippen LogP contribution in [0.25, 0.3) is 0 Å². The van der Waals surface area contributed by atoms with Crippen molar-refractivity contribution < 1.29 is 9.47 Å². The van der Waals surface area contributed by atoms with Crippen LogP contribution in [0.3, 0.4) is 0 Å². The van der Waals surface area contributed by atoms with Crippen molar-refractivity contribution in [1.29, 1.82) is 0 Å². The molecule has 168 valence electrons. The van der Waals surface area contributed by atoms with Crippen molar-refractivity contribution in [3.8, 4) is 11.5 Å². The number of likely N-dealkylation sites (N-methyl/N-ethyl adjacent to an activating group) is 1. The molecule has 0 atom stereocenters. The first-order valence-electron chi connectivity index (χ1n) is 10.8. The van der Waals surface area contributed by atoms with Gasteiger partial charge in [-0.1, -0.05) is 24.3 Å². The maximum atomic E-state index is 5.47. The van der Waals surface area contributed by atoms with Crippen LogP contribution in [0.5, 0.6) is 11.5 Å². The van der Waals surface area contributed by atoms with Crippen LogP contribution in [0.1, 0.15) is 16.7 Å². The Morgan fingerprint density at radius 1 is 0.903 bits per heavy atom. The van der Waals surface area contributed by atoms with Gasteiger partial charge in [0.15, 0.2) is 5.96 Å². The van der Waals surface area contributed by atoms with Crippen LogP contribution < -0.4 is 20.1 Å². The molecule has 0 amide bonds. The number of hydrogen-bond donors (Lipinski definition) is 2. The monoisotopic (exact) mass is 425 g/mol. The quantitative estimate of drug-likeness (QED) is 0.500. The highest BCUT2D eigenvalue weighted by atomic mass is 16.5. The normalized spacial score (nSPS) is 15.5. The average molecular weight is 426 g/mol. The van der Waals surface area contributed by atoms with E-state index in [1.807, 2.05) is 18.2 Å². The molecule has 0 saturated carbocycles. The number of nitrogens with zero attached hydrogens (tertiary/aromatic N) is 3. The number of hydrogen-bond acceptors (Lipinski definition) is 5. The van der Waals surface area contributed by atoms with Crippen molar-refractivity contribution in [3.05, 3.63) is 59.2 Å². The molecule has 0 bridgehead atoms. The molecule has 1 aliphatic heterocycles. The van der Waals surface area contributed by atoms with E-state index < -0.39 is 0 Å². The summed E-state index contributed by atoms with van der Waals surface area (Å²) in [5, 5.41) is 6.72. The number of piperazine rings is 1. The molecule has 1 fully saturated rings. The van der Waals surface area contributed by atoms with E-state index >= 15 is 0 Å². The third-order valence-electron chi connectivity index (χ3n) is 5.65. The van der Waals surface area contributed by atoms with Gasteiger partial charge in [-0.15, -0.1) is 0 Å². The van der Waals surface area contributed by atoms with Gasteiger partial charge in [0.05, 0.1) is 14.2 Å². The van der Waals surface area contributed by atoms with Crippen LogP contribution in [0.4, 0.5) is 0 Å². The fraction of sp³-hybridized carbons (Fsp3) is 0.458. The highest BCUT2D eigenvalue weighted by Crippen LogP contribution is 2.24. The van der Waals surface area contributed by atoms with E-state index in [1.54, 1.807) is 21.3 Å². The largest absolute Gasteiger partial charge is 0.497 e. The minimum atomic E-state index is 0.608. The summed E-state index contributed by atoms with van der Waals surface area (Å²) in [7, 11) is 7.28. The predicted molar refractivity (Wildman–Crippen MR) is 126 cm³/mol. The van der Waals surface area contributed by atoms with Gasteiger partial charge in [0.2, 0.25) is 0 Å². The number of benzene rings is 2. The topological polar surface area (TPSA) is 61.4 Å². The second-order valence-electron chi connectivity index (χ2n) is 7.85. The molecule has 1 saturated heterocycles. The van der Waals surface area contributed by atoms with Gasteiger partial charge in [0.1, 0.15) is 11.5 Å². The Morgan fingerprint density at radius 2 is 1.58 bits per heavy atom. The smallest absolute Gasteiger partial charge is 0.191 e. The Morgan fingerprint density at radius 3 is 2.23 bits per heavy atom. The molecule has 1 heterocycles. The van der Waals surface area contributed by atoms with Crippen molar-refractivity contribution in [2.24, 2.45) is 4.99 Å². The Hall–Kier alpha value is -2.77. The first kappa shape index (κ1) is 22.9. The maximum Gasteiger partial charge on any atom is 0.191 e. The van der Waals surface area contributed by atoms with Crippen LogP contribution >= 0.6 is 0 Å². The minimum absolute atomic E-state index is 0.608. The zero-order chi connectivity index (χ0) is 22.1. The van der Waals surface area contributed by atoms with Crippen molar-refractivity contribution in [3.63, 3.8) is 0 Å². The van der Waals surface area contributed by atoms with Gasteiger partial charge < -0.3 is 25.0 Å². The average Bonchev–Trinajstić information content (AvgIpc) is 2.81. The van der Waals surface area contributed by atoms with E-state index in [0.29, 0.717) is 13.1 Å². The summed E-state index contributed by atoms with van der Waals surface area (Å²) < 4.78 is 10.7. The summed E-state index contributed by atoms with van der Waals surface area (Å²) in [4.78, 5) is 9.23. The Labute approximate surface area is 186 Å². The molecule has 3 rings (SSSR count). The van der Waals surface area contributed by atoms with Crippen LogP contribution in [0.15, 0.2) is 47.5 Å². The number of ether oxygens (including phenoxy) is 2. The van der Waals surface area contributed by atoms with E-state index in [0.717, 1.165) is 55.7 Å². The Bertz CT molecular complexity index is 846. The van der Waals surface area contributed by atoms with Crippen LogP contribution in [-0.4, -0.2) is 70.3 Å². The standard InChI is InChI=1S/C24H35N5O2/c1-25-24(27-17-21-9-10-22(30-3)15-23(21)31-4)26-16-19-5-7-20(8-6-19)18-29-13-11-28(2)12-14-29/h5-10,15H,11-14,16-18H2,1-4H3,(H2,25,26,27). The molecule has 31 heavy (non-hydrogen) atoms. The number of nitrogens with one attached hydrogen (secondary N) is 2. The van der Waals surface area contributed by atoms with Crippen LogP contribution in [-0.2, 0) is 19.6 Å². The molecular weight excluding hydrogens is 390 g/mol. The molecule has 2 aromatic carbocycles. The highest BCUT2D eigenvalue weighted by molar-refractivity contribution is 5.79. The summed E-state index contributed by atoms with van der Waals surface area (Å²) in [5.74, 6) is 2.32. The van der Waals surface area contributed by atoms with Gasteiger partial charge >= 0.3 is 0 Å². The molecule has 0 radical (unpaired) electrons. The Balaban J connectivity index is 1.47. The zero-order valence-electron chi connectivity index (χ0n) is 19.1. The third-order valence-corrected chi connectivity index (χ3v) is 5.65. The number of rotatable bonds is 8. The lowest BCUT2D eigenvalue weighted by atomic mass is 10.1. The second-order valence-corrected chi connectivity index (χ2v) is 7.85. The minimum Gasteiger partial charge on any atom is -0.497 e. The van der Waals surface area contributed by atoms with E-state index in [2.05, 4.69) is 56.7 Å². The van der Waals surface area contributed by atoms with Crippen molar-refractivity contribution in [2.75, 3.05) is 54.5 Å². The lowest BCUT2D eigenvalue weighted by Crippen LogP contribution is -2.43. The lowest BCUT2D eigenvalue weighted by Gasteiger charge is -2.32. The molecular formula is C24H35N5O2. The van der Waals surface area contributed by atoms with Crippen LogP contribution in [0.2, 0.25) is 0 Å². The number of aliphatic imine (C=N–C) groups is 1. The van der Waals surface area contributed by atoms with Gasteiger partial charge in [-0.3, -0.25) is 9.89 Å². The van der Waals surface area contributed by atoms with E-state index in [-0.39, 0.29) is 0 Å². The predicted octanol–water partition coefficient (Wildman–Crippen LogP) is 2.32. The first-order chi connectivity index (χ1) is 15.1. The second kappa shape index (κ2) is 11.6. The van der Waals surface area contributed by atoms with Crippen molar-refractivity contribution >= 4 is 5.96 Å². The molecule has 7 nitrogen and oxygen atoms in total. The maximum absolute atomic E-state index is 5.47. The number of guanidine groups is 1. The summed E-state index contributed by atoms with van der Waals surface area (Å²) in [6.45, 7) is 6.92. The van der Waals surface area contributed by atoms with Gasteiger partial charge in [-0.05, 0) is 30.3 Å². The van der Waals surface area contributed by atoms with Crippen molar-refractivity contribution in [1.82, 2.24) is 20.4 Å². The van der Waals surface area contributed by atoms with Gasteiger partial charge in [-0.25, -0.2) is 0 Å². The molecule has 2 N–H and O–H groups in total. The number of methoxy groups -OCH3 is 2. The molecule has 2 aromatic rings. The lowest BCUT2D eigenvalue weighted by molar-refractivity contribution is 0.148. The van der Waals surface area contributed by atoms with E-state index in [1.165, 1.54) is 11.1 Å². The Kier molecular flexibility index (Phi) is 8.55. The molecule has 0 spiro atoms. The molecule has 1 aliphatic rings. The third kappa shape index (κ3) is 6.87. The summed E-state index contributed by atoms with van der Waals surface area (Å²) in [5.41, 5.74) is 3.63. The summed E-state index contributed by atoms with van der Waals surface area (Å²) in [6, 6.07) is 14.7. The van der Waals surface area contributed by atoms with Gasteiger partial charge in [0.25, 0.3) is 0 Å². The first-order valence-corrected chi connectivity index (χ1v) is 10.8. The van der Waals surface area contributed by atoms with E-state index in [9.17, 15) is 0 Å². The van der Waals surface area contributed by atoms with Crippen molar-refractivity contribution in [2.45, 2.75) is 19.6 Å². The molecule has 7 heteroatoms. The summed E-state index contributed by atoms with van der Waals surface area (Å²) in [6.07, 6.45) is 0. The fourth-order valence-corrected chi connectivity index (χ4v) is 3.61. The SMILES string of the molecule is CN=C(NCc1ccc(CN2CCN(C)CC2)cc1)NCc1ccc(OC)cc1OC.